The molecule has 192 valence electrons. The molecule has 1 aromatic heterocycles. The van der Waals surface area contributed by atoms with E-state index in [0.29, 0.717) is 16.3 Å². The number of ether oxygens (including phenoxy) is 2. The summed E-state index contributed by atoms with van der Waals surface area (Å²) >= 11 is 5.89. The molecule has 0 bridgehead atoms. The number of aromatic nitrogens is 2. The molecule has 0 unspecified atom stereocenters. The summed E-state index contributed by atoms with van der Waals surface area (Å²) in [5.74, 6) is 0.164. The predicted octanol–water partition coefficient (Wildman–Crippen LogP) is 1.92. The lowest BCUT2D eigenvalue weighted by atomic mass is 10.2. The smallest absolute Gasteiger partial charge is 0.407 e. The van der Waals surface area contributed by atoms with E-state index in [-0.39, 0.29) is 37.6 Å². The summed E-state index contributed by atoms with van der Waals surface area (Å²) in [5.41, 5.74) is -2.96. The van der Waals surface area contributed by atoms with Gasteiger partial charge in [-0.15, -0.1) is 0 Å². The van der Waals surface area contributed by atoms with Gasteiger partial charge in [-0.1, -0.05) is 11.6 Å². The van der Waals surface area contributed by atoms with Crippen LogP contribution in [0.2, 0.25) is 5.02 Å². The number of nitrogens with one attached hydrogen (secondary N) is 2. The molecule has 2 N–H and O–H groups in total. The summed E-state index contributed by atoms with van der Waals surface area (Å²) in [6.07, 6.45) is 0.767. The van der Waals surface area contributed by atoms with E-state index >= 15 is 0 Å². The number of aromatic amines is 1. The van der Waals surface area contributed by atoms with Crippen LogP contribution in [0, 0.1) is 6.92 Å². The van der Waals surface area contributed by atoms with Crippen molar-refractivity contribution in [2.45, 2.75) is 39.8 Å². The third-order valence-electron chi connectivity index (χ3n) is 5.04. The molecular weight excluding hydrogens is 492 g/mol. The topological polar surface area (TPSA) is 140 Å². The van der Waals surface area contributed by atoms with E-state index < -0.39 is 33.8 Å². The normalized spacial score (nSPS) is 11.4. The van der Waals surface area contributed by atoms with Crippen LogP contribution in [-0.4, -0.2) is 40.9 Å². The molecule has 0 fully saturated rings. The van der Waals surface area contributed by atoms with Gasteiger partial charge in [-0.05, 0) is 52.0 Å². The van der Waals surface area contributed by atoms with Crippen LogP contribution in [0.5, 0.6) is 11.5 Å². The molecule has 0 atom stereocenters. The standard InChI is InChI=1S/C24H27ClN4O7/c1-14-13-29(22(33)27-21(14)32)12-11-28(10-9-26-23(34)36-24(2,3)4)17-18(30)19(31)20(17)35-16-7-5-15(25)6-8-16/h5-8,13H,9-12H2,1-4H3,(H,26,34)(H,27,32,33). The fourth-order valence-corrected chi connectivity index (χ4v) is 3.44. The lowest BCUT2D eigenvalue weighted by molar-refractivity contribution is 0.0529. The number of hydrogen-bond acceptors (Lipinski definition) is 8. The first kappa shape index (κ1) is 26.7. The van der Waals surface area contributed by atoms with Crippen molar-refractivity contribution in [3.05, 3.63) is 82.3 Å². The van der Waals surface area contributed by atoms with Crippen molar-refractivity contribution < 1.29 is 14.3 Å². The van der Waals surface area contributed by atoms with E-state index in [9.17, 15) is 24.0 Å². The molecule has 0 radical (unpaired) electrons. The summed E-state index contributed by atoms with van der Waals surface area (Å²) < 4.78 is 12.2. The van der Waals surface area contributed by atoms with Crippen molar-refractivity contribution in [3.63, 3.8) is 0 Å². The summed E-state index contributed by atoms with van der Waals surface area (Å²) in [6, 6.07) is 6.27. The molecule has 1 amide bonds. The lowest BCUT2D eigenvalue weighted by Crippen LogP contribution is -2.46. The van der Waals surface area contributed by atoms with Crippen LogP contribution in [0.1, 0.15) is 26.3 Å². The van der Waals surface area contributed by atoms with Crippen LogP contribution >= 0.6 is 11.6 Å². The average molecular weight is 519 g/mol. The van der Waals surface area contributed by atoms with Crippen molar-refractivity contribution in [1.29, 1.82) is 0 Å². The first-order chi connectivity index (χ1) is 16.9. The predicted molar refractivity (Wildman–Crippen MR) is 135 cm³/mol. The van der Waals surface area contributed by atoms with Gasteiger partial charge < -0.3 is 19.7 Å². The Hall–Kier alpha value is -3.86. The molecular formula is C24H27ClN4O7. The van der Waals surface area contributed by atoms with Gasteiger partial charge in [0, 0.05) is 43.0 Å². The minimum absolute atomic E-state index is 0.0233. The summed E-state index contributed by atoms with van der Waals surface area (Å²) in [7, 11) is 0. The maximum Gasteiger partial charge on any atom is 0.407 e. The summed E-state index contributed by atoms with van der Waals surface area (Å²) in [6.45, 7) is 7.12. The van der Waals surface area contributed by atoms with Crippen molar-refractivity contribution in [3.8, 4) is 11.5 Å². The zero-order valence-electron chi connectivity index (χ0n) is 20.3. The van der Waals surface area contributed by atoms with E-state index in [4.69, 9.17) is 21.1 Å². The molecule has 0 saturated carbocycles. The third kappa shape index (κ3) is 6.63. The van der Waals surface area contributed by atoms with Crippen LogP contribution < -0.4 is 37.1 Å². The number of hydrogen-bond donors (Lipinski definition) is 2. The second kappa shape index (κ2) is 10.8. The number of carbonyl (C=O) groups excluding carboxylic acids is 1. The molecule has 0 aliphatic rings. The number of nitrogens with zero attached hydrogens (tertiary/aromatic N) is 2. The number of carbonyl (C=O) groups is 1. The molecule has 0 aliphatic heterocycles. The number of halogens is 1. The van der Waals surface area contributed by atoms with Gasteiger partial charge in [0.1, 0.15) is 17.0 Å². The third-order valence-corrected chi connectivity index (χ3v) is 5.29. The van der Waals surface area contributed by atoms with Gasteiger partial charge in [0.15, 0.2) is 0 Å². The second-order valence-corrected chi connectivity index (χ2v) is 9.51. The number of anilines is 1. The molecule has 36 heavy (non-hydrogen) atoms. The second-order valence-electron chi connectivity index (χ2n) is 9.07. The zero-order valence-corrected chi connectivity index (χ0v) is 21.1. The van der Waals surface area contributed by atoms with Crippen LogP contribution in [0.25, 0.3) is 0 Å². The van der Waals surface area contributed by atoms with E-state index in [1.54, 1.807) is 56.9 Å². The van der Waals surface area contributed by atoms with E-state index in [2.05, 4.69) is 10.3 Å². The minimum Gasteiger partial charge on any atom is -0.451 e. The number of aryl methyl sites for hydroxylation is 1. The SMILES string of the molecule is Cc1cn(CCN(CCNC(=O)OC(C)(C)C)c2c(Oc3ccc(Cl)cc3)c(=O)c2=O)c(=O)[nH]c1=O. The molecule has 12 heteroatoms. The fourth-order valence-electron chi connectivity index (χ4n) is 3.32. The molecule has 0 spiro atoms. The van der Waals surface area contributed by atoms with Gasteiger partial charge in [-0.25, -0.2) is 9.59 Å². The Labute approximate surface area is 210 Å². The highest BCUT2D eigenvalue weighted by molar-refractivity contribution is 6.30. The Morgan fingerprint density at radius 2 is 1.75 bits per heavy atom. The minimum atomic E-state index is -0.790. The van der Waals surface area contributed by atoms with Gasteiger partial charge in [-0.2, -0.15) is 0 Å². The number of H-pyrrole nitrogens is 1. The lowest BCUT2D eigenvalue weighted by Gasteiger charge is -2.28. The quantitative estimate of drug-likeness (QED) is 0.409. The monoisotopic (exact) mass is 518 g/mol. The van der Waals surface area contributed by atoms with Crippen LogP contribution in [0.15, 0.2) is 49.6 Å². The molecule has 2 aromatic carbocycles. The number of benzene rings is 1. The number of amides is 1. The van der Waals surface area contributed by atoms with Gasteiger partial charge >= 0.3 is 11.8 Å². The van der Waals surface area contributed by atoms with Crippen LogP contribution in [-0.2, 0) is 11.3 Å². The molecule has 0 saturated heterocycles. The molecule has 1 heterocycles. The first-order valence-electron chi connectivity index (χ1n) is 11.1. The Kier molecular flexibility index (Phi) is 8.03. The Bertz CT molecular complexity index is 1430. The fraction of sp³-hybridized carbons (Fsp3) is 0.375. The molecule has 11 nitrogen and oxygen atoms in total. The van der Waals surface area contributed by atoms with E-state index in [0.717, 1.165) is 0 Å². The van der Waals surface area contributed by atoms with E-state index in [1.165, 1.54) is 10.8 Å². The Balaban J connectivity index is 1.83. The van der Waals surface area contributed by atoms with Gasteiger partial charge in [0.25, 0.3) is 16.4 Å². The van der Waals surface area contributed by atoms with Crippen molar-refractivity contribution in [1.82, 2.24) is 14.9 Å². The number of alkyl carbamates (subject to hydrolysis) is 1. The average Bonchev–Trinajstić information content (AvgIpc) is 2.79. The highest BCUT2D eigenvalue weighted by atomic mass is 35.5. The number of rotatable bonds is 9. The highest BCUT2D eigenvalue weighted by Gasteiger charge is 2.28. The summed E-state index contributed by atoms with van der Waals surface area (Å²) in [4.78, 5) is 64.5. The van der Waals surface area contributed by atoms with E-state index in [1.807, 2.05) is 0 Å². The molecule has 3 aromatic rings. The largest absolute Gasteiger partial charge is 0.451 e. The van der Waals surface area contributed by atoms with Crippen LogP contribution in [0.3, 0.4) is 0 Å². The first-order valence-corrected chi connectivity index (χ1v) is 11.5. The Morgan fingerprint density at radius 1 is 1.08 bits per heavy atom. The van der Waals surface area contributed by atoms with Gasteiger partial charge in [0.05, 0.1) is 0 Å². The van der Waals surface area contributed by atoms with Crippen molar-refractivity contribution >= 4 is 23.4 Å². The zero-order chi connectivity index (χ0) is 26.6. The molecule has 0 aliphatic carbocycles. The van der Waals surface area contributed by atoms with Gasteiger partial charge in [0.2, 0.25) is 5.75 Å². The van der Waals surface area contributed by atoms with Crippen LogP contribution in [0.4, 0.5) is 10.5 Å². The van der Waals surface area contributed by atoms with Crippen molar-refractivity contribution in [2.24, 2.45) is 0 Å². The maximum absolute atomic E-state index is 12.5. The highest BCUT2D eigenvalue weighted by Crippen LogP contribution is 2.28. The van der Waals surface area contributed by atoms with Crippen molar-refractivity contribution in [2.75, 3.05) is 24.5 Å². The summed E-state index contributed by atoms with van der Waals surface area (Å²) in [5, 5.41) is 3.08. The maximum atomic E-state index is 12.5. The Morgan fingerprint density at radius 3 is 2.39 bits per heavy atom. The molecule has 3 rings (SSSR count). The van der Waals surface area contributed by atoms with Gasteiger partial charge in [-0.3, -0.25) is 23.9 Å².